The van der Waals surface area contributed by atoms with Gasteiger partial charge in [-0.05, 0) is 44.4 Å². The smallest absolute Gasteiger partial charge is 0.261 e. The average molecular weight is 415 g/mol. The summed E-state index contributed by atoms with van der Waals surface area (Å²) < 4.78 is 19.3. The largest absolute Gasteiger partial charge is 0.481 e. The van der Waals surface area contributed by atoms with E-state index in [0.29, 0.717) is 6.42 Å². The Kier molecular flexibility index (Phi) is 8.84. The molecular weight excluding hydrogens is 383 g/mol. The van der Waals surface area contributed by atoms with E-state index >= 15 is 0 Å². The summed E-state index contributed by atoms with van der Waals surface area (Å²) in [6.45, 7) is 7.69. The molecule has 2 aromatic rings. The van der Waals surface area contributed by atoms with Crippen LogP contribution in [0.4, 0.5) is 4.39 Å². The average Bonchev–Trinajstić information content (AvgIpc) is 2.72. The standard InChI is InChI=1S/C24H31FN2O3/c1-5-18(4)26-24(29)21(6-2)27(15-19-11-9-10-17(3)14-19)23(28)16-30-22-13-8-7-12-20(22)25/h7-14,18,21H,5-6,15-16H2,1-4H3,(H,26,29)/t18-,21-/m1/s1. The Balaban J connectivity index is 2.23. The molecule has 0 saturated carbocycles. The predicted molar refractivity (Wildman–Crippen MR) is 116 cm³/mol. The van der Waals surface area contributed by atoms with Gasteiger partial charge in [0.05, 0.1) is 0 Å². The Labute approximate surface area is 178 Å². The van der Waals surface area contributed by atoms with Crippen LogP contribution < -0.4 is 10.1 Å². The second kappa shape index (κ2) is 11.3. The molecule has 0 bridgehead atoms. The summed E-state index contributed by atoms with van der Waals surface area (Å²) in [5, 5.41) is 2.96. The van der Waals surface area contributed by atoms with Crippen LogP contribution in [0.2, 0.25) is 0 Å². The van der Waals surface area contributed by atoms with Crippen molar-refractivity contribution in [3.63, 3.8) is 0 Å². The molecule has 0 aliphatic heterocycles. The third-order valence-electron chi connectivity index (χ3n) is 5.01. The van der Waals surface area contributed by atoms with Gasteiger partial charge in [0.1, 0.15) is 6.04 Å². The minimum absolute atomic E-state index is 0.0112. The Morgan fingerprint density at radius 2 is 1.83 bits per heavy atom. The molecule has 162 valence electrons. The Bertz CT molecular complexity index is 856. The van der Waals surface area contributed by atoms with E-state index < -0.39 is 11.9 Å². The zero-order chi connectivity index (χ0) is 22.1. The molecule has 0 radical (unpaired) electrons. The first-order chi connectivity index (χ1) is 14.3. The molecule has 2 atom stereocenters. The first kappa shape index (κ1) is 23.4. The van der Waals surface area contributed by atoms with Crippen molar-refractivity contribution in [2.24, 2.45) is 0 Å². The highest BCUT2D eigenvalue weighted by atomic mass is 19.1. The lowest BCUT2D eigenvalue weighted by Crippen LogP contribution is -2.51. The minimum atomic E-state index is -0.642. The molecule has 2 amide bonds. The van der Waals surface area contributed by atoms with E-state index in [1.807, 2.05) is 52.0 Å². The monoisotopic (exact) mass is 414 g/mol. The molecule has 0 aromatic heterocycles. The zero-order valence-corrected chi connectivity index (χ0v) is 18.2. The van der Waals surface area contributed by atoms with Crippen LogP contribution >= 0.6 is 0 Å². The SMILES string of the molecule is CC[C@@H](C)NC(=O)[C@@H](CC)N(Cc1cccc(C)c1)C(=O)COc1ccccc1F. The highest BCUT2D eigenvalue weighted by molar-refractivity contribution is 5.88. The van der Waals surface area contributed by atoms with E-state index in [-0.39, 0.29) is 36.8 Å². The van der Waals surface area contributed by atoms with E-state index in [0.717, 1.165) is 17.5 Å². The number of para-hydroxylation sites is 1. The number of ether oxygens (including phenoxy) is 1. The number of nitrogens with zero attached hydrogens (tertiary/aromatic N) is 1. The molecule has 2 rings (SSSR count). The van der Waals surface area contributed by atoms with Gasteiger partial charge in [0, 0.05) is 12.6 Å². The van der Waals surface area contributed by atoms with Crippen molar-refractivity contribution in [1.29, 1.82) is 0 Å². The first-order valence-corrected chi connectivity index (χ1v) is 10.4. The highest BCUT2D eigenvalue weighted by Crippen LogP contribution is 2.17. The fraction of sp³-hybridized carbons (Fsp3) is 0.417. The van der Waals surface area contributed by atoms with Crippen LogP contribution in [0.25, 0.3) is 0 Å². The van der Waals surface area contributed by atoms with E-state index in [4.69, 9.17) is 4.74 Å². The van der Waals surface area contributed by atoms with Gasteiger partial charge >= 0.3 is 0 Å². The van der Waals surface area contributed by atoms with E-state index in [1.54, 1.807) is 12.1 Å². The summed E-state index contributed by atoms with van der Waals surface area (Å²) in [7, 11) is 0. The second-order valence-corrected chi connectivity index (χ2v) is 7.47. The van der Waals surface area contributed by atoms with Gasteiger partial charge in [-0.2, -0.15) is 0 Å². The van der Waals surface area contributed by atoms with Crippen molar-refractivity contribution in [3.05, 3.63) is 65.5 Å². The Morgan fingerprint density at radius 1 is 1.10 bits per heavy atom. The van der Waals surface area contributed by atoms with Crippen molar-refractivity contribution in [2.75, 3.05) is 6.61 Å². The van der Waals surface area contributed by atoms with Crippen LogP contribution in [0.3, 0.4) is 0 Å². The number of aryl methyl sites for hydroxylation is 1. The number of amides is 2. The molecule has 2 aromatic carbocycles. The molecule has 0 aliphatic carbocycles. The first-order valence-electron chi connectivity index (χ1n) is 10.4. The summed E-state index contributed by atoms with van der Waals surface area (Å²) in [4.78, 5) is 27.5. The summed E-state index contributed by atoms with van der Waals surface area (Å²) >= 11 is 0. The second-order valence-electron chi connectivity index (χ2n) is 7.47. The maximum Gasteiger partial charge on any atom is 0.261 e. The van der Waals surface area contributed by atoms with Gasteiger partial charge in [0.2, 0.25) is 5.91 Å². The maximum atomic E-state index is 13.9. The molecule has 0 spiro atoms. The zero-order valence-electron chi connectivity index (χ0n) is 18.2. The van der Waals surface area contributed by atoms with Crippen LogP contribution in [0, 0.1) is 12.7 Å². The van der Waals surface area contributed by atoms with E-state index in [9.17, 15) is 14.0 Å². The number of hydrogen-bond donors (Lipinski definition) is 1. The molecular formula is C24H31FN2O3. The highest BCUT2D eigenvalue weighted by Gasteiger charge is 2.29. The van der Waals surface area contributed by atoms with Gasteiger partial charge in [-0.3, -0.25) is 9.59 Å². The molecule has 6 heteroatoms. The third-order valence-corrected chi connectivity index (χ3v) is 5.01. The van der Waals surface area contributed by atoms with Crippen molar-refractivity contribution < 1.29 is 18.7 Å². The molecule has 1 N–H and O–H groups in total. The molecule has 0 fully saturated rings. The van der Waals surface area contributed by atoms with Gasteiger partial charge in [0.15, 0.2) is 18.2 Å². The van der Waals surface area contributed by atoms with Gasteiger partial charge in [-0.25, -0.2) is 4.39 Å². The van der Waals surface area contributed by atoms with Gasteiger partial charge < -0.3 is 15.0 Å². The van der Waals surface area contributed by atoms with Crippen LogP contribution in [0.15, 0.2) is 48.5 Å². The predicted octanol–water partition coefficient (Wildman–Crippen LogP) is 4.24. The van der Waals surface area contributed by atoms with Gasteiger partial charge in [-0.15, -0.1) is 0 Å². The summed E-state index contributed by atoms with van der Waals surface area (Å²) in [6.07, 6.45) is 1.25. The quantitative estimate of drug-likeness (QED) is 0.633. The van der Waals surface area contributed by atoms with Crippen LogP contribution in [-0.2, 0) is 16.1 Å². The third kappa shape index (κ3) is 6.58. The molecule has 5 nitrogen and oxygen atoms in total. The lowest BCUT2D eigenvalue weighted by Gasteiger charge is -2.31. The fourth-order valence-electron chi connectivity index (χ4n) is 3.15. The lowest BCUT2D eigenvalue weighted by atomic mass is 10.1. The molecule has 30 heavy (non-hydrogen) atoms. The van der Waals surface area contributed by atoms with Crippen molar-refractivity contribution in [2.45, 2.75) is 59.2 Å². The lowest BCUT2D eigenvalue weighted by molar-refractivity contribution is -0.143. The summed E-state index contributed by atoms with van der Waals surface area (Å²) in [6, 6.07) is 13.1. The Hall–Kier alpha value is -2.89. The summed E-state index contributed by atoms with van der Waals surface area (Å²) in [5.41, 5.74) is 1.99. The van der Waals surface area contributed by atoms with Gasteiger partial charge in [0.25, 0.3) is 5.91 Å². The molecule has 0 heterocycles. The van der Waals surface area contributed by atoms with Crippen molar-refractivity contribution >= 4 is 11.8 Å². The fourth-order valence-corrected chi connectivity index (χ4v) is 3.15. The Morgan fingerprint density at radius 3 is 2.47 bits per heavy atom. The number of nitrogens with one attached hydrogen (secondary N) is 1. The molecule has 0 aliphatic rings. The topological polar surface area (TPSA) is 58.6 Å². The normalized spacial score (nSPS) is 12.7. The minimum Gasteiger partial charge on any atom is -0.481 e. The number of benzene rings is 2. The molecule has 0 saturated heterocycles. The van der Waals surface area contributed by atoms with Crippen LogP contribution in [0.1, 0.15) is 44.7 Å². The number of rotatable bonds is 10. The number of hydrogen-bond acceptors (Lipinski definition) is 3. The van der Waals surface area contributed by atoms with Gasteiger partial charge in [-0.1, -0.05) is 55.8 Å². The van der Waals surface area contributed by atoms with E-state index in [2.05, 4.69) is 5.32 Å². The van der Waals surface area contributed by atoms with Crippen molar-refractivity contribution in [1.82, 2.24) is 10.2 Å². The van der Waals surface area contributed by atoms with Crippen LogP contribution in [0.5, 0.6) is 5.75 Å². The number of carbonyl (C=O) groups excluding carboxylic acids is 2. The maximum absolute atomic E-state index is 13.9. The van der Waals surface area contributed by atoms with Crippen molar-refractivity contribution in [3.8, 4) is 5.75 Å². The summed E-state index contributed by atoms with van der Waals surface area (Å²) in [5.74, 6) is -1.08. The number of halogens is 1. The molecule has 0 unspecified atom stereocenters. The van der Waals surface area contributed by atoms with E-state index in [1.165, 1.54) is 17.0 Å². The number of carbonyl (C=O) groups is 2. The van der Waals surface area contributed by atoms with Crippen LogP contribution in [-0.4, -0.2) is 35.4 Å².